The molecule has 6 heteroatoms. The Bertz CT molecular complexity index is 620. The van der Waals surface area contributed by atoms with Crippen LogP contribution in [-0.4, -0.2) is 46.5 Å². The van der Waals surface area contributed by atoms with Gasteiger partial charge in [-0.1, -0.05) is 43.2 Å². The largest absolute Gasteiger partial charge is 0.356 e. The van der Waals surface area contributed by atoms with Gasteiger partial charge in [0, 0.05) is 31.8 Å². The standard InChI is InChI=1S/C17H27N3O2S/c1-18-16(19-12-13-23(2,21)22)20-14-17(10-6-7-11-17)15-8-4-3-5-9-15/h3-5,8-9H,6-7,10-14H2,1-2H3,(H2,18,19,20). The van der Waals surface area contributed by atoms with Crippen molar-refractivity contribution in [3.63, 3.8) is 0 Å². The molecule has 1 saturated carbocycles. The van der Waals surface area contributed by atoms with Crippen LogP contribution in [0.15, 0.2) is 35.3 Å². The fraction of sp³-hybridized carbons (Fsp3) is 0.588. The number of nitrogens with zero attached hydrogens (tertiary/aromatic N) is 1. The van der Waals surface area contributed by atoms with Gasteiger partial charge in [0.2, 0.25) is 0 Å². The number of hydrogen-bond acceptors (Lipinski definition) is 3. The lowest BCUT2D eigenvalue weighted by atomic mass is 9.79. The van der Waals surface area contributed by atoms with E-state index in [4.69, 9.17) is 0 Å². The molecule has 2 N–H and O–H groups in total. The molecule has 23 heavy (non-hydrogen) atoms. The number of guanidine groups is 1. The van der Waals surface area contributed by atoms with Crippen LogP contribution in [0.25, 0.3) is 0 Å². The highest BCUT2D eigenvalue weighted by Crippen LogP contribution is 2.40. The number of sulfone groups is 1. The number of nitrogens with one attached hydrogen (secondary N) is 2. The maximum atomic E-state index is 11.2. The first-order chi connectivity index (χ1) is 11.0. The molecule has 0 atom stereocenters. The van der Waals surface area contributed by atoms with Crippen molar-refractivity contribution < 1.29 is 8.42 Å². The molecule has 1 aliphatic carbocycles. The van der Waals surface area contributed by atoms with E-state index in [0.717, 1.165) is 6.54 Å². The van der Waals surface area contributed by atoms with Gasteiger partial charge in [-0.25, -0.2) is 8.42 Å². The van der Waals surface area contributed by atoms with Gasteiger partial charge in [-0.15, -0.1) is 0 Å². The summed E-state index contributed by atoms with van der Waals surface area (Å²) in [5.74, 6) is 0.771. The van der Waals surface area contributed by atoms with E-state index in [1.807, 2.05) is 6.07 Å². The summed E-state index contributed by atoms with van der Waals surface area (Å²) in [4.78, 5) is 4.19. The molecular formula is C17H27N3O2S. The van der Waals surface area contributed by atoms with Crippen LogP contribution < -0.4 is 10.6 Å². The molecule has 5 nitrogen and oxygen atoms in total. The minimum atomic E-state index is -2.96. The zero-order chi connectivity index (χ0) is 16.8. The predicted molar refractivity (Wildman–Crippen MR) is 95.7 cm³/mol. The summed E-state index contributed by atoms with van der Waals surface area (Å²) in [7, 11) is -1.25. The quantitative estimate of drug-likeness (QED) is 0.612. The molecule has 0 heterocycles. The molecule has 0 aliphatic heterocycles. The molecule has 1 fully saturated rings. The number of hydrogen-bond donors (Lipinski definition) is 2. The minimum absolute atomic E-state index is 0.109. The fourth-order valence-electron chi connectivity index (χ4n) is 3.24. The van der Waals surface area contributed by atoms with Gasteiger partial charge in [-0.2, -0.15) is 0 Å². The van der Waals surface area contributed by atoms with E-state index in [1.165, 1.54) is 37.5 Å². The second kappa shape index (κ2) is 7.81. The lowest BCUT2D eigenvalue weighted by Crippen LogP contribution is -2.45. The first kappa shape index (κ1) is 17.8. The highest BCUT2D eigenvalue weighted by atomic mass is 32.2. The van der Waals surface area contributed by atoms with E-state index in [2.05, 4.69) is 39.9 Å². The molecule has 0 radical (unpaired) electrons. The van der Waals surface area contributed by atoms with Crippen LogP contribution >= 0.6 is 0 Å². The van der Waals surface area contributed by atoms with Crippen LogP contribution in [0.3, 0.4) is 0 Å². The van der Waals surface area contributed by atoms with Gasteiger partial charge in [0.1, 0.15) is 9.84 Å². The predicted octanol–water partition coefficient (Wildman–Crippen LogP) is 1.71. The van der Waals surface area contributed by atoms with Crippen LogP contribution in [0.5, 0.6) is 0 Å². The Morgan fingerprint density at radius 3 is 2.39 bits per heavy atom. The lowest BCUT2D eigenvalue weighted by Gasteiger charge is -2.30. The fourth-order valence-corrected chi connectivity index (χ4v) is 3.71. The molecule has 0 spiro atoms. The van der Waals surface area contributed by atoms with Gasteiger partial charge in [0.05, 0.1) is 5.75 Å². The molecule has 2 rings (SSSR count). The summed E-state index contributed by atoms with van der Waals surface area (Å²) < 4.78 is 22.4. The molecular weight excluding hydrogens is 310 g/mol. The summed E-state index contributed by atoms with van der Waals surface area (Å²) in [6.07, 6.45) is 6.08. The Balaban J connectivity index is 1.96. The third-order valence-corrected chi connectivity index (χ3v) is 5.48. The van der Waals surface area contributed by atoms with E-state index >= 15 is 0 Å². The Morgan fingerprint density at radius 2 is 1.83 bits per heavy atom. The molecule has 128 valence electrons. The van der Waals surface area contributed by atoms with Gasteiger partial charge in [0.15, 0.2) is 5.96 Å². The van der Waals surface area contributed by atoms with Crippen molar-refractivity contribution >= 4 is 15.8 Å². The van der Waals surface area contributed by atoms with E-state index in [9.17, 15) is 8.42 Å². The van der Waals surface area contributed by atoms with Gasteiger partial charge in [-0.3, -0.25) is 4.99 Å². The lowest BCUT2D eigenvalue weighted by molar-refractivity contribution is 0.432. The van der Waals surface area contributed by atoms with E-state index in [0.29, 0.717) is 12.5 Å². The Kier molecular flexibility index (Phi) is 6.04. The Hall–Kier alpha value is -1.56. The van der Waals surface area contributed by atoms with Crippen LogP contribution in [-0.2, 0) is 15.3 Å². The van der Waals surface area contributed by atoms with E-state index in [-0.39, 0.29) is 11.2 Å². The van der Waals surface area contributed by atoms with E-state index < -0.39 is 9.84 Å². The average Bonchev–Trinajstić information content (AvgIpc) is 3.00. The smallest absolute Gasteiger partial charge is 0.191 e. The normalized spacial score (nSPS) is 17.9. The van der Waals surface area contributed by atoms with Crippen LogP contribution in [0.1, 0.15) is 31.2 Å². The molecule has 1 aliphatic rings. The van der Waals surface area contributed by atoms with Crippen molar-refractivity contribution in [2.24, 2.45) is 4.99 Å². The monoisotopic (exact) mass is 337 g/mol. The van der Waals surface area contributed by atoms with Crippen molar-refractivity contribution in [1.82, 2.24) is 10.6 Å². The average molecular weight is 337 g/mol. The molecule has 0 bridgehead atoms. The maximum Gasteiger partial charge on any atom is 0.191 e. The van der Waals surface area contributed by atoms with Gasteiger partial charge in [0.25, 0.3) is 0 Å². The SMILES string of the molecule is CN=C(NCCS(C)(=O)=O)NCC1(c2ccccc2)CCCC1. The number of benzene rings is 1. The summed E-state index contributed by atoms with van der Waals surface area (Å²) in [5, 5.41) is 6.46. The third-order valence-electron chi connectivity index (χ3n) is 4.53. The highest BCUT2D eigenvalue weighted by Gasteiger charge is 2.35. The Labute approximate surface area is 139 Å². The Morgan fingerprint density at radius 1 is 1.17 bits per heavy atom. The second-order valence-electron chi connectivity index (χ2n) is 6.34. The first-order valence-electron chi connectivity index (χ1n) is 8.13. The van der Waals surface area contributed by atoms with E-state index in [1.54, 1.807) is 7.05 Å². The topological polar surface area (TPSA) is 70.6 Å². The van der Waals surface area contributed by atoms with Crippen molar-refractivity contribution in [2.75, 3.05) is 32.1 Å². The third kappa shape index (κ3) is 5.23. The van der Waals surface area contributed by atoms with Crippen molar-refractivity contribution in [2.45, 2.75) is 31.1 Å². The molecule has 1 aromatic rings. The molecule has 0 amide bonds. The molecule has 0 saturated heterocycles. The second-order valence-corrected chi connectivity index (χ2v) is 8.60. The van der Waals surface area contributed by atoms with Crippen molar-refractivity contribution in [1.29, 1.82) is 0 Å². The first-order valence-corrected chi connectivity index (χ1v) is 10.2. The summed E-state index contributed by atoms with van der Waals surface area (Å²) in [6.45, 7) is 1.19. The number of rotatable bonds is 6. The van der Waals surface area contributed by atoms with Gasteiger partial charge < -0.3 is 10.6 Å². The number of aliphatic imine (C=N–C) groups is 1. The molecule has 1 aromatic carbocycles. The van der Waals surface area contributed by atoms with Crippen molar-refractivity contribution in [3.05, 3.63) is 35.9 Å². The van der Waals surface area contributed by atoms with Crippen LogP contribution in [0.2, 0.25) is 0 Å². The zero-order valence-electron chi connectivity index (χ0n) is 14.0. The molecule has 0 aromatic heterocycles. The van der Waals surface area contributed by atoms with Crippen molar-refractivity contribution in [3.8, 4) is 0 Å². The molecule has 0 unspecified atom stereocenters. The maximum absolute atomic E-state index is 11.2. The summed E-state index contributed by atoms with van der Waals surface area (Å²) in [6, 6.07) is 10.6. The summed E-state index contributed by atoms with van der Waals surface area (Å²) in [5.41, 5.74) is 1.52. The highest BCUT2D eigenvalue weighted by molar-refractivity contribution is 7.90. The van der Waals surface area contributed by atoms with Gasteiger partial charge >= 0.3 is 0 Å². The minimum Gasteiger partial charge on any atom is -0.356 e. The van der Waals surface area contributed by atoms with Gasteiger partial charge in [-0.05, 0) is 18.4 Å². The van der Waals surface area contributed by atoms with Crippen LogP contribution in [0.4, 0.5) is 0 Å². The zero-order valence-corrected chi connectivity index (χ0v) is 14.8. The summed E-state index contributed by atoms with van der Waals surface area (Å²) >= 11 is 0. The van der Waals surface area contributed by atoms with Crippen LogP contribution in [0, 0.1) is 0 Å².